The summed E-state index contributed by atoms with van der Waals surface area (Å²) < 4.78 is 6.47. The van der Waals surface area contributed by atoms with Crippen molar-refractivity contribution < 1.29 is 0 Å². The van der Waals surface area contributed by atoms with Gasteiger partial charge in [0.25, 0.3) is 5.56 Å². The van der Waals surface area contributed by atoms with Crippen LogP contribution in [0.3, 0.4) is 0 Å². The van der Waals surface area contributed by atoms with Crippen molar-refractivity contribution in [1.29, 1.82) is 0 Å². The number of halogens is 1. The van der Waals surface area contributed by atoms with E-state index in [1.54, 1.807) is 20.7 Å². The Labute approximate surface area is 228 Å². The lowest BCUT2D eigenvalue weighted by Crippen LogP contribution is -2.45. The van der Waals surface area contributed by atoms with Crippen LogP contribution in [-0.2, 0) is 20.1 Å². The minimum absolute atomic E-state index is 0.0534. The highest BCUT2D eigenvalue weighted by Gasteiger charge is 2.27. The lowest BCUT2D eigenvalue weighted by Gasteiger charge is -2.33. The van der Waals surface area contributed by atoms with Crippen molar-refractivity contribution in [2.24, 2.45) is 7.05 Å². The summed E-state index contributed by atoms with van der Waals surface area (Å²) in [7, 11) is 1.71. The molecule has 1 fully saturated rings. The van der Waals surface area contributed by atoms with E-state index in [1.165, 1.54) is 4.57 Å². The van der Waals surface area contributed by atoms with Crippen molar-refractivity contribution in [3.05, 3.63) is 72.4 Å². The van der Waals surface area contributed by atoms with Crippen molar-refractivity contribution in [3.63, 3.8) is 0 Å². The number of imidazole rings is 1. The number of rotatable bonds is 4. The highest BCUT2D eigenvalue weighted by Crippen LogP contribution is 2.34. The fourth-order valence-electron chi connectivity index (χ4n) is 6.01. The second-order valence-corrected chi connectivity index (χ2v) is 10.6. The minimum atomic E-state index is -0.299. The molecule has 0 saturated carbocycles. The van der Waals surface area contributed by atoms with Crippen LogP contribution in [0.2, 0.25) is 5.15 Å². The van der Waals surface area contributed by atoms with Gasteiger partial charge in [0.05, 0.1) is 21.9 Å². The van der Waals surface area contributed by atoms with E-state index in [0.717, 1.165) is 27.4 Å². The Balaban J connectivity index is 1.40. The fourth-order valence-corrected chi connectivity index (χ4v) is 6.21. The van der Waals surface area contributed by atoms with Gasteiger partial charge in [0, 0.05) is 50.0 Å². The molecule has 0 amide bonds. The van der Waals surface area contributed by atoms with Crippen LogP contribution in [0, 0.1) is 6.92 Å². The number of piperidine rings is 1. The van der Waals surface area contributed by atoms with Gasteiger partial charge >= 0.3 is 11.4 Å². The number of fused-ring (bicyclic) bond motifs is 3. The summed E-state index contributed by atoms with van der Waals surface area (Å²) in [5.74, 6) is 0.684. The Morgan fingerprint density at radius 1 is 0.846 bits per heavy atom. The zero-order valence-corrected chi connectivity index (χ0v) is 23.2. The molecule has 1 aliphatic heterocycles. The van der Waals surface area contributed by atoms with E-state index in [1.807, 2.05) is 51.1 Å². The van der Waals surface area contributed by atoms with Gasteiger partial charge in [0.15, 0.2) is 11.0 Å². The molecule has 4 heterocycles. The number of aromatic nitrogens is 6. The van der Waals surface area contributed by atoms with Crippen molar-refractivity contribution in [2.45, 2.75) is 52.7 Å². The maximum Gasteiger partial charge on any atom is 0.331 e. The molecule has 1 aliphatic rings. The molecule has 0 aliphatic carbocycles. The van der Waals surface area contributed by atoms with Crippen molar-refractivity contribution in [2.75, 3.05) is 18.0 Å². The summed E-state index contributed by atoms with van der Waals surface area (Å²) in [6.45, 7) is 8.12. The van der Waals surface area contributed by atoms with Crippen molar-refractivity contribution >= 4 is 50.1 Å². The molecule has 0 radical (unpaired) electrons. The molecule has 202 valence electrons. The first-order chi connectivity index (χ1) is 18.7. The molecular formula is C28H30ClN7O3. The Morgan fingerprint density at radius 2 is 1.49 bits per heavy atom. The second kappa shape index (κ2) is 9.37. The van der Waals surface area contributed by atoms with Gasteiger partial charge in [-0.15, -0.1) is 10.2 Å². The van der Waals surface area contributed by atoms with E-state index in [4.69, 9.17) is 11.6 Å². The molecule has 0 unspecified atom stereocenters. The van der Waals surface area contributed by atoms with E-state index in [0.29, 0.717) is 55.7 Å². The third-order valence-corrected chi connectivity index (χ3v) is 8.35. The topological polar surface area (TPSA) is 100.0 Å². The maximum absolute atomic E-state index is 13.4. The lowest BCUT2D eigenvalue weighted by atomic mass is 10.0. The average Bonchev–Trinajstić information content (AvgIpc) is 3.21. The molecule has 1 saturated heterocycles. The SMILES string of the molecule is CCn1c(=O)n(CC)c2cc3c(N4CCC(n5c(=O)c6cc(C)ccc6n(C)c5=O)CC4)nnc(Cl)c3cc21. The summed E-state index contributed by atoms with van der Waals surface area (Å²) in [5.41, 5.74) is 2.67. The second-order valence-electron chi connectivity index (χ2n) is 10.2. The first-order valence-corrected chi connectivity index (χ1v) is 13.7. The predicted octanol–water partition coefficient (Wildman–Crippen LogP) is 3.60. The first kappa shape index (κ1) is 25.4. The van der Waals surface area contributed by atoms with Crippen LogP contribution < -0.4 is 21.8 Å². The van der Waals surface area contributed by atoms with Gasteiger partial charge < -0.3 is 4.90 Å². The Hall–Kier alpha value is -3.92. The molecule has 10 nitrogen and oxygen atoms in total. The van der Waals surface area contributed by atoms with Crippen LogP contribution in [0.15, 0.2) is 44.7 Å². The summed E-state index contributed by atoms with van der Waals surface area (Å²) in [5, 5.41) is 11.1. The number of nitrogens with zero attached hydrogens (tertiary/aromatic N) is 7. The third-order valence-electron chi connectivity index (χ3n) is 8.07. The lowest BCUT2D eigenvalue weighted by molar-refractivity contribution is 0.370. The molecule has 3 aromatic heterocycles. The Kier molecular flexibility index (Phi) is 6.10. The Morgan fingerprint density at radius 3 is 2.13 bits per heavy atom. The molecule has 0 bridgehead atoms. The Bertz CT molecular complexity index is 1960. The van der Waals surface area contributed by atoms with Gasteiger partial charge in [-0.2, -0.15) is 0 Å². The van der Waals surface area contributed by atoms with Crippen LogP contribution in [-0.4, -0.2) is 41.6 Å². The van der Waals surface area contributed by atoms with E-state index in [-0.39, 0.29) is 28.1 Å². The summed E-state index contributed by atoms with van der Waals surface area (Å²) in [4.78, 5) is 41.7. The number of hydrogen-bond acceptors (Lipinski definition) is 6. The van der Waals surface area contributed by atoms with Crippen LogP contribution in [0.1, 0.15) is 38.3 Å². The summed E-state index contributed by atoms with van der Waals surface area (Å²) >= 11 is 6.49. The molecule has 0 spiro atoms. The molecule has 11 heteroatoms. The van der Waals surface area contributed by atoms with Gasteiger partial charge in [0.2, 0.25) is 0 Å². The smallest absolute Gasteiger partial charge is 0.331 e. The fraction of sp³-hybridized carbons (Fsp3) is 0.393. The van der Waals surface area contributed by atoms with Crippen LogP contribution in [0.5, 0.6) is 0 Å². The summed E-state index contributed by atoms with van der Waals surface area (Å²) in [6.07, 6.45) is 1.21. The summed E-state index contributed by atoms with van der Waals surface area (Å²) in [6, 6.07) is 9.27. The number of hydrogen-bond donors (Lipinski definition) is 0. The van der Waals surface area contributed by atoms with Gasteiger partial charge in [-0.3, -0.25) is 23.1 Å². The highest BCUT2D eigenvalue weighted by atomic mass is 35.5. The normalized spacial score (nSPS) is 14.7. The first-order valence-electron chi connectivity index (χ1n) is 13.3. The van der Waals surface area contributed by atoms with E-state index in [9.17, 15) is 14.4 Å². The van der Waals surface area contributed by atoms with Crippen LogP contribution in [0.25, 0.3) is 32.7 Å². The molecule has 0 atom stereocenters. The quantitative estimate of drug-likeness (QED) is 0.341. The predicted molar refractivity (Wildman–Crippen MR) is 154 cm³/mol. The van der Waals surface area contributed by atoms with E-state index in [2.05, 4.69) is 15.1 Å². The number of aryl methyl sites for hydroxylation is 4. The van der Waals surface area contributed by atoms with Crippen molar-refractivity contribution in [1.82, 2.24) is 28.5 Å². The average molecular weight is 548 g/mol. The van der Waals surface area contributed by atoms with E-state index >= 15 is 0 Å². The minimum Gasteiger partial charge on any atom is -0.354 e. The highest BCUT2D eigenvalue weighted by molar-refractivity contribution is 6.35. The van der Waals surface area contributed by atoms with Crippen molar-refractivity contribution in [3.8, 4) is 0 Å². The zero-order valence-electron chi connectivity index (χ0n) is 22.4. The number of anilines is 1. The number of benzene rings is 2. The molecule has 6 rings (SSSR count). The van der Waals surface area contributed by atoms with Gasteiger partial charge in [-0.1, -0.05) is 23.2 Å². The standard InChI is InChI=1S/C28H30ClN7O3/c1-5-34-22-14-18-19(15-23(22)35(6-2)28(34)39)25(31-30-24(18)29)33-11-9-17(10-12-33)36-26(37)20-13-16(3)7-8-21(20)32(4)27(36)38/h7-8,13-15,17H,5-6,9-12H2,1-4H3. The van der Waals surface area contributed by atoms with Gasteiger partial charge in [-0.25, -0.2) is 9.59 Å². The maximum atomic E-state index is 13.4. The van der Waals surface area contributed by atoms with Crippen LogP contribution in [0.4, 0.5) is 5.82 Å². The van der Waals surface area contributed by atoms with Crippen LogP contribution >= 0.6 is 11.6 Å². The third kappa shape index (κ3) is 3.80. The molecule has 5 aromatic rings. The largest absolute Gasteiger partial charge is 0.354 e. The van der Waals surface area contributed by atoms with Gasteiger partial charge in [0.1, 0.15) is 0 Å². The monoisotopic (exact) mass is 547 g/mol. The zero-order chi connectivity index (χ0) is 27.6. The van der Waals surface area contributed by atoms with E-state index < -0.39 is 0 Å². The molecule has 2 aromatic carbocycles. The molecule has 0 N–H and O–H groups in total. The molecule has 39 heavy (non-hydrogen) atoms. The molecular weight excluding hydrogens is 518 g/mol. The van der Waals surface area contributed by atoms with Gasteiger partial charge in [-0.05, 0) is 57.9 Å².